The van der Waals surface area contributed by atoms with Gasteiger partial charge in [-0.1, -0.05) is 27.2 Å². The lowest BCUT2D eigenvalue weighted by atomic mass is 9.62. The molecule has 2 rings (SSSR count). The summed E-state index contributed by atoms with van der Waals surface area (Å²) < 4.78 is 39.6. The molecule has 4 heteroatoms. The topological polar surface area (TPSA) is 17.1 Å². The summed E-state index contributed by atoms with van der Waals surface area (Å²) in [5.74, 6) is -4.58. The van der Waals surface area contributed by atoms with Crippen molar-refractivity contribution >= 4 is 5.78 Å². The molecule has 0 N–H and O–H groups in total. The Labute approximate surface area is 117 Å². The Morgan fingerprint density at radius 2 is 1.75 bits per heavy atom. The maximum absolute atomic E-state index is 13.3. The Hall–Kier alpha value is -1.32. The molecule has 0 amide bonds. The van der Waals surface area contributed by atoms with Gasteiger partial charge in [-0.3, -0.25) is 4.79 Å². The van der Waals surface area contributed by atoms with Gasteiger partial charge in [0.25, 0.3) is 0 Å². The number of carbonyl (C=O) groups is 1. The van der Waals surface area contributed by atoms with E-state index in [1.807, 2.05) is 20.8 Å². The van der Waals surface area contributed by atoms with Crippen molar-refractivity contribution in [2.45, 2.75) is 40.0 Å². The monoisotopic (exact) mass is 284 g/mol. The van der Waals surface area contributed by atoms with Gasteiger partial charge in [0.2, 0.25) is 0 Å². The van der Waals surface area contributed by atoms with E-state index in [2.05, 4.69) is 0 Å². The SMILES string of the molecule is C[C@H]1CCCC(C)(C)[C@H]1C(=O)c1cc(F)c(F)c(F)c1. The van der Waals surface area contributed by atoms with Gasteiger partial charge in [0.1, 0.15) is 0 Å². The predicted octanol–water partition coefficient (Wildman–Crippen LogP) is 4.75. The van der Waals surface area contributed by atoms with Crippen LogP contribution >= 0.6 is 0 Å². The zero-order valence-corrected chi connectivity index (χ0v) is 12.0. The number of carbonyl (C=O) groups excluding carboxylic acids is 1. The maximum atomic E-state index is 13.3. The lowest BCUT2D eigenvalue weighted by Gasteiger charge is -2.41. The predicted molar refractivity (Wildman–Crippen MR) is 70.9 cm³/mol. The highest BCUT2D eigenvalue weighted by Crippen LogP contribution is 2.45. The lowest BCUT2D eigenvalue weighted by molar-refractivity contribution is 0.0538. The van der Waals surface area contributed by atoms with Gasteiger partial charge in [-0.25, -0.2) is 13.2 Å². The van der Waals surface area contributed by atoms with Crippen LogP contribution in [0.2, 0.25) is 0 Å². The van der Waals surface area contributed by atoms with E-state index in [9.17, 15) is 18.0 Å². The molecule has 1 saturated carbocycles. The first-order valence-electron chi connectivity index (χ1n) is 6.93. The molecule has 0 aliphatic heterocycles. The molecule has 0 aromatic heterocycles. The van der Waals surface area contributed by atoms with Gasteiger partial charge in [-0.05, 0) is 36.3 Å². The summed E-state index contributed by atoms with van der Waals surface area (Å²) in [4.78, 5) is 12.6. The molecule has 0 spiro atoms. The van der Waals surface area contributed by atoms with Crippen LogP contribution in [0.15, 0.2) is 12.1 Å². The number of Topliss-reactive ketones (excluding diaryl/α,β-unsaturated/α-hetero) is 1. The van der Waals surface area contributed by atoms with Gasteiger partial charge in [-0.15, -0.1) is 0 Å². The van der Waals surface area contributed by atoms with Crippen molar-refractivity contribution < 1.29 is 18.0 Å². The Morgan fingerprint density at radius 1 is 1.20 bits per heavy atom. The summed E-state index contributed by atoms with van der Waals surface area (Å²) in [5.41, 5.74) is -0.288. The fourth-order valence-corrected chi connectivity index (χ4v) is 3.46. The summed E-state index contributed by atoms with van der Waals surface area (Å²) in [6.07, 6.45) is 2.87. The van der Waals surface area contributed by atoms with Gasteiger partial charge in [0, 0.05) is 11.5 Å². The van der Waals surface area contributed by atoms with Crippen LogP contribution < -0.4 is 0 Å². The van der Waals surface area contributed by atoms with E-state index in [0.717, 1.165) is 31.4 Å². The maximum Gasteiger partial charge on any atom is 0.194 e. The van der Waals surface area contributed by atoms with Crippen LogP contribution in [0.25, 0.3) is 0 Å². The quantitative estimate of drug-likeness (QED) is 0.566. The van der Waals surface area contributed by atoms with Crippen LogP contribution in [0, 0.1) is 34.7 Å². The zero-order valence-electron chi connectivity index (χ0n) is 12.0. The van der Waals surface area contributed by atoms with Crippen molar-refractivity contribution in [1.82, 2.24) is 0 Å². The van der Waals surface area contributed by atoms with E-state index < -0.39 is 17.5 Å². The molecule has 1 aliphatic carbocycles. The van der Waals surface area contributed by atoms with Crippen molar-refractivity contribution in [3.8, 4) is 0 Å². The molecule has 0 saturated heterocycles. The van der Waals surface area contributed by atoms with Crippen LogP contribution in [0.5, 0.6) is 0 Å². The Morgan fingerprint density at radius 3 is 2.25 bits per heavy atom. The van der Waals surface area contributed by atoms with Crippen LogP contribution in [-0.2, 0) is 0 Å². The molecule has 20 heavy (non-hydrogen) atoms. The summed E-state index contributed by atoms with van der Waals surface area (Å²) in [6, 6.07) is 1.61. The van der Waals surface area contributed by atoms with Crippen LogP contribution in [0.3, 0.4) is 0 Å². The first-order chi connectivity index (χ1) is 9.24. The summed E-state index contributed by atoms with van der Waals surface area (Å²) in [7, 11) is 0. The van der Waals surface area contributed by atoms with Crippen molar-refractivity contribution in [2.24, 2.45) is 17.3 Å². The summed E-state index contributed by atoms with van der Waals surface area (Å²) in [5, 5.41) is 0. The van der Waals surface area contributed by atoms with Crippen LogP contribution in [0.1, 0.15) is 50.4 Å². The second-order valence-corrected chi connectivity index (χ2v) is 6.45. The van der Waals surface area contributed by atoms with Crippen molar-refractivity contribution in [1.29, 1.82) is 0 Å². The third-order valence-electron chi connectivity index (χ3n) is 4.44. The molecular formula is C16H19F3O. The van der Waals surface area contributed by atoms with Gasteiger partial charge in [0.05, 0.1) is 0 Å². The van der Waals surface area contributed by atoms with Crippen molar-refractivity contribution in [3.05, 3.63) is 35.1 Å². The molecule has 1 fully saturated rings. The highest BCUT2D eigenvalue weighted by Gasteiger charge is 2.41. The fourth-order valence-electron chi connectivity index (χ4n) is 3.46. The second-order valence-electron chi connectivity index (χ2n) is 6.45. The van der Waals surface area contributed by atoms with E-state index in [-0.39, 0.29) is 28.6 Å². The van der Waals surface area contributed by atoms with Crippen molar-refractivity contribution in [3.63, 3.8) is 0 Å². The summed E-state index contributed by atoms with van der Waals surface area (Å²) in [6.45, 7) is 5.99. The number of hydrogen-bond acceptors (Lipinski definition) is 1. The lowest BCUT2D eigenvalue weighted by Crippen LogP contribution is -2.39. The first kappa shape index (κ1) is 15.1. The zero-order chi connectivity index (χ0) is 15.1. The van der Waals surface area contributed by atoms with Gasteiger partial charge >= 0.3 is 0 Å². The fraction of sp³-hybridized carbons (Fsp3) is 0.562. The minimum absolute atomic E-state index is 0.0757. The average Bonchev–Trinajstić information content (AvgIpc) is 2.33. The number of rotatable bonds is 2. The molecule has 0 unspecified atom stereocenters. The average molecular weight is 284 g/mol. The summed E-state index contributed by atoms with van der Waals surface area (Å²) >= 11 is 0. The number of hydrogen-bond donors (Lipinski definition) is 0. The van der Waals surface area contributed by atoms with Gasteiger partial charge in [0.15, 0.2) is 23.2 Å². The molecule has 110 valence electrons. The van der Waals surface area contributed by atoms with Gasteiger partial charge < -0.3 is 0 Å². The molecule has 0 bridgehead atoms. The normalized spacial score (nSPS) is 25.5. The largest absolute Gasteiger partial charge is 0.294 e. The Balaban J connectivity index is 2.39. The molecule has 2 atom stereocenters. The molecule has 1 aromatic carbocycles. The third-order valence-corrected chi connectivity index (χ3v) is 4.44. The van der Waals surface area contributed by atoms with E-state index in [1.165, 1.54) is 0 Å². The molecule has 1 aromatic rings. The number of benzene rings is 1. The van der Waals surface area contributed by atoms with E-state index >= 15 is 0 Å². The highest BCUT2D eigenvalue weighted by atomic mass is 19.2. The molecular weight excluding hydrogens is 265 g/mol. The van der Waals surface area contributed by atoms with Gasteiger partial charge in [-0.2, -0.15) is 0 Å². The minimum Gasteiger partial charge on any atom is -0.294 e. The second kappa shape index (κ2) is 5.23. The smallest absolute Gasteiger partial charge is 0.194 e. The Bertz CT molecular complexity index is 514. The molecule has 0 heterocycles. The molecule has 1 nitrogen and oxygen atoms in total. The Kier molecular flexibility index (Phi) is 3.94. The third kappa shape index (κ3) is 2.60. The van der Waals surface area contributed by atoms with Crippen molar-refractivity contribution in [2.75, 3.05) is 0 Å². The minimum atomic E-state index is -1.53. The highest BCUT2D eigenvalue weighted by molar-refractivity contribution is 5.98. The van der Waals surface area contributed by atoms with E-state index in [4.69, 9.17) is 0 Å². The van der Waals surface area contributed by atoms with E-state index in [0.29, 0.717) is 0 Å². The standard InChI is InChI=1S/C16H19F3O/c1-9-5-4-6-16(2,3)13(9)15(20)10-7-11(17)14(19)12(18)8-10/h7-9,13H,4-6H2,1-3H3/t9-,13+/m0/s1. The first-order valence-corrected chi connectivity index (χ1v) is 6.93. The van der Waals surface area contributed by atoms with Crippen LogP contribution in [-0.4, -0.2) is 5.78 Å². The number of ketones is 1. The molecule has 0 radical (unpaired) electrons. The number of halogens is 3. The molecule has 1 aliphatic rings. The van der Waals surface area contributed by atoms with E-state index in [1.54, 1.807) is 0 Å². The van der Waals surface area contributed by atoms with Crippen LogP contribution in [0.4, 0.5) is 13.2 Å².